The Labute approximate surface area is 84.4 Å². The van der Waals surface area contributed by atoms with E-state index in [0.717, 1.165) is 5.69 Å². The van der Waals surface area contributed by atoms with Gasteiger partial charge in [-0.05, 0) is 31.0 Å². The Morgan fingerprint density at radius 3 is 2.71 bits per heavy atom. The zero-order valence-corrected chi connectivity index (χ0v) is 8.62. The molecule has 1 aromatic carbocycles. The molecule has 1 atom stereocenters. The van der Waals surface area contributed by atoms with E-state index in [1.807, 2.05) is 32.0 Å². The topological polar surface area (TPSA) is 52.5 Å². The van der Waals surface area contributed by atoms with Crippen molar-refractivity contribution >= 4 is 5.69 Å². The summed E-state index contributed by atoms with van der Waals surface area (Å²) in [5.41, 5.74) is 3.41. The van der Waals surface area contributed by atoms with Crippen molar-refractivity contribution in [2.24, 2.45) is 0 Å². The lowest BCUT2D eigenvalue weighted by atomic mass is 10.1. The van der Waals surface area contributed by atoms with Crippen LogP contribution in [0, 0.1) is 13.8 Å². The van der Waals surface area contributed by atoms with Crippen LogP contribution in [0.25, 0.3) is 0 Å². The molecule has 78 valence electrons. The number of benzene rings is 1. The Morgan fingerprint density at radius 2 is 2.07 bits per heavy atom. The number of nitrogens with one attached hydrogen (secondary N) is 1. The zero-order valence-electron chi connectivity index (χ0n) is 8.62. The van der Waals surface area contributed by atoms with Crippen LogP contribution in [0.3, 0.4) is 0 Å². The van der Waals surface area contributed by atoms with Gasteiger partial charge in [0.25, 0.3) is 0 Å². The van der Waals surface area contributed by atoms with Gasteiger partial charge in [-0.2, -0.15) is 0 Å². The monoisotopic (exact) mass is 195 g/mol. The minimum atomic E-state index is -0.699. The molecule has 14 heavy (non-hydrogen) atoms. The molecule has 3 nitrogen and oxygen atoms in total. The summed E-state index contributed by atoms with van der Waals surface area (Å²) < 4.78 is 0. The highest BCUT2D eigenvalue weighted by molar-refractivity contribution is 5.53. The maximum absolute atomic E-state index is 9.17. The molecule has 0 aromatic heterocycles. The van der Waals surface area contributed by atoms with Gasteiger partial charge in [-0.15, -0.1) is 0 Å². The molecule has 0 heterocycles. The largest absolute Gasteiger partial charge is 0.394 e. The van der Waals surface area contributed by atoms with E-state index < -0.39 is 6.10 Å². The number of hydrogen-bond donors (Lipinski definition) is 3. The summed E-state index contributed by atoms with van der Waals surface area (Å²) in [6.07, 6.45) is -0.699. The van der Waals surface area contributed by atoms with Gasteiger partial charge in [0, 0.05) is 12.2 Å². The SMILES string of the molecule is Cc1cccc(NC[C@H](O)CO)c1C. The van der Waals surface area contributed by atoms with Crippen LogP contribution in [0.2, 0.25) is 0 Å². The van der Waals surface area contributed by atoms with Gasteiger partial charge in [0.15, 0.2) is 0 Å². The second-order valence-electron chi connectivity index (χ2n) is 3.46. The van der Waals surface area contributed by atoms with E-state index >= 15 is 0 Å². The first-order valence-corrected chi connectivity index (χ1v) is 4.74. The summed E-state index contributed by atoms with van der Waals surface area (Å²) >= 11 is 0. The lowest BCUT2D eigenvalue weighted by Gasteiger charge is -2.13. The highest BCUT2D eigenvalue weighted by atomic mass is 16.3. The van der Waals surface area contributed by atoms with Crippen molar-refractivity contribution in [2.75, 3.05) is 18.5 Å². The van der Waals surface area contributed by atoms with Gasteiger partial charge in [0.2, 0.25) is 0 Å². The third-order valence-corrected chi connectivity index (χ3v) is 2.34. The average molecular weight is 195 g/mol. The predicted octanol–water partition coefficient (Wildman–Crippen LogP) is 1.07. The summed E-state index contributed by atoms with van der Waals surface area (Å²) in [7, 11) is 0. The standard InChI is InChI=1S/C11H17NO2/c1-8-4-3-5-11(9(8)2)12-6-10(14)7-13/h3-5,10,12-14H,6-7H2,1-2H3/t10-/m0/s1. The third kappa shape index (κ3) is 2.72. The molecular formula is C11H17NO2. The lowest BCUT2D eigenvalue weighted by Crippen LogP contribution is -2.23. The van der Waals surface area contributed by atoms with Gasteiger partial charge in [0.05, 0.1) is 12.7 Å². The Bertz CT molecular complexity index is 299. The van der Waals surface area contributed by atoms with Gasteiger partial charge in [0.1, 0.15) is 0 Å². The molecule has 0 radical (unpaired) electrons. The zero-order chi connectivity index (χ0) is 10.6. The highest BCUT2D eigenvalue weighted by Crippen LogP contribution is 2.17. The smallest absolute Gasteiger partial charge is 0.0942 e. The van der Waals surface area contributed by atoms with E-state index in [4.69, 9.17) is 10.2 Å². The number of aryl methyl sites for hydroxylation is 1. The van der Waals surface area contributed by atoms with Crippen molar-refractivity contribution in [3.05, 3.63) is 29.3 Å². The van der Waals surface area contributed by atoms with E-state index in [1.165, 1.54) is 11.1 Å². The normalized spacial score (nSPS) is 12.6. The first-order valence-electron chi connectivity index (χ1n) is 4.74. The van der Waals surface area contributed by atoms with Crippen LogP contribution >= 0.6 is 0 Å². The molecule has 0 saturated carbocycles. The maximum Gasteiger partial charge on any atom is 0.0942 e. The number of aliphatic hydroxyl groups is 2. The maximum atomic E-state index is 9.17. The third-order valence-electron chi connectivity index (χ3n) is 2.34. The van der Waals surface area contributed by atoms with Gasteiger partial charge >= 0.3 is 0 Å². The van der Waals surface area contributed by atoms with E-state index in [-0.39, 0.29) is 6.61 Å². The summed E-state index contributed by atoms with van der Waals surface area (Å²) in [4.78, 5) is 0. The molecule has 0 unspecified atom stereocenters. The fourth-order valence-electron chi connectivity index (χ4n) is 1.23. The molecule has 0 amide bonds. The van der Waals surface area contributed by atoms with Gasteiger partial charge in [-0.25, -0.2) is 0 Å². The number of hydrogen-bond acceptors (Lipinski definition) is 3. The van der Waals surface area contributed by atoms with E-state index in [2.05, 4.69) is 5.32 Å². The second kappa shape index (κ2) is 4.98. The van der Waals surface area contributed by atoms with Crippen molar-refractivity contribution in [2.45, 2.75) is 20.0 Å². The number of aliphatic hydroxyl groups excluding tert-OH is 2. The molecule has 0 fully saturated rings. The molecule has 0 aliphatic heterocycles. The van der Waals surface area contributed by atoms with Crippen LogP contribution in [0.5, 0.6) is 0 Å². The van der Waals surface area contributed by atoms with Gasteiger partial charge in [-0.1, -0.05) is 12.1 Å². The average Bonchev–Trinajstić information content (AvgIpc) is 2.20. The first-order chi connectivity index (χ1) is 6.65. The van der Waals surface area contributed by atoms with E-state index in [9.17, 15) is 0 Å². The molecule has 0 aliphatic carbocycles. The molecular weight excluding hydrogens is 178 g/mol. The highest BCUT2D eigenvalue weighted by Gasteiger charge is 2.03. The Morgan fingerprint density at radius 1 is 1.36 bits per heavy atom. The predicted molar refractivity (Wildman–Crippen MR) is 57.5 cm³/mol. The summed E-state index contributed by atoms with van der Waals surface area (Å²) in [5.74, 6) is 0. The van der Waals surface area contributed by atoms with Crippen LogP contribution < -0.4 is 5.32 Å². The van der Waals surface area contributed by atoms with Crippen molar-refractivity contribution in [3.63, 3.8) is 0 Å². The van der Waals surface area contributed by atoms with Gasteiger partial charge in [-0.3, -0.25) is 0 Å². The summed E-state index contributed by atoms with van der Waals surface area (Å²) in [5, 5.41) is 20.9. The molecule has 0 aliphatic rings. The molecule has 3 N–H and O–H groups in total. The molecule has 0 spiro atoms. The summed E-state index contributed by atoms with van der Waals surface area (Å²) in [6, 6.07) is 5.98. The quantitative estimate of drug-likeness (QED) is 0.673. The van der Waals surface area contributed by atoms with Gasteiger partial charge < -0.3 is 15.5 Å². The fraction of sp³-hybridized carbons (Fsp3) is 0.455. The first kappa shape index (κ1) is 11.0. The van der Waals surface area contributed by atoms with Crippen LogP contribution in [-0.2, 0) is 0 Å². The van der Waals surface area contributed by atoms with Crippen molar-refractivity contribution < 1.29 is 10.2 Å². The van der Waals surface area contributed by atoms with Crippen molar-refractivity contribution in [1.82, 2.24) is 0 Å². The molecule has 0 saturated heterocycles. The fourth-order valence-corrected chi connectivity index (χ4v) is 1.23. The number of anilines is 1. The van der Waals surface area contributed by atoms with Crippen LogP contribution in [0.1, 0.15) is 11.1 Å². The van der Waals surface area contributed by atoms with Crippen LogP contribution in [0.15, 0.2) is 18.2 Å². The van der Waals surface area contributed by atoms with Crippen LogP contribution in [-0.4, -0.2) is 29.5 Å². The molecule has 0 bridgehead atoms. The number of rotatable bonds is 4. The Kier molecular flexibility index (Phi) is 3.92. The van der Waals surface area contributed by atoms with E-state index in [0.29, 0.717) is 6.54 Å². The Balaban J connectivity index is 2.63. The molecule has 1 rings (SSSR count). The van der Waals surface area contributed by atoms with E-state index in [1.54, 1.807) is 0 Å². The van der Waals surface area contributed by atoms with Crippen molar-refractivity contribution in [1.29, 1.82) is 0 Å². The lowest BCUT2D eigenvalue weighted by molar-refractivity contribution is 0.105. The van der Waals surface area contributed by atoms with Crippen LogP contribution in [0.4, 0.5) is 5.69 Å². The van der Waals surface area contributed by atoms with Crippen molar-refractivity contribution in [3.8, 4) is 0 Å². The Hall–Kier alpha value is -1.06. The molecule has 1 aromatic rings. The second-order valence-corrected chi connectivity index (χ2v) is 3.46. The summed E-state index contributed by atoms with van der Waals surface area (Å²) in [6.45, 7) is 4.24. The minimum Gasteiger partial charge on any atom is -0.394 e. The molecule has 3 heteroatoms. The minimum absolute atomic E-state index is 0.210.